The van der Waals surface area contributed by atoms with Gasteiger partial charge in [-0.1, -0.05) is 42.5 Å². The molecule has 0 unspecified atom stereocenters. The van der Waals surface area contributed by atoms with Gasteiger partial charge in [-0.05, 0) is 47.5 Å². The number of rotatable bonds is 10. The van der Waals surface area contributed by atoms with E-state index in [1.165, 1.54) is 17.0 Å². The summed E-state index contributed by atoms with van der Waals surface area (Å²) in [6, 6.07) is 20.0. The third kappa shape index (κ3) is 7.46. The Balaban J connectivity index is 1.66. The lowest BCUT2D eigenvalue weighted by Gasteiger charge is -2.24. The van der Waals surface area contributed by atoms with E-state index >= 15 is 0 Å². The van der Waals surface area contributed by atoms with Crippen LogP contribution in [0.15, 0.2) is 78.9 Å². The van der Waals surface area contributed by atoms with Crippen molar-refractivity contribution in [1.82, 2.24) is 4.90 Å². The third-order valence-corrected chi connectivity index (χ3v) is 5.24. The largest absolute Gasteiger partial charge is 0.486 e. The van der Waals surface area contributed by atoms with Gasteiger partial charge in [-0.15, -0.1) is 10.1 Å². The van der Waals surface area contributed by atoms with Crippen molar-refractivity contribution in [3.63, 3.8) is 0 Å². The van der Waals surface area contributed by atoms with E-state index < -0.39 is 22.9 Å². The van der Waals surface area contributed by atoms with Crippen LogP contribution in [0.25, 0.3) is 0 Å². The van der Waals surface area contributed by atoms with E-state index in [-0.39, 0.29) is 18.3 Å². The van der Waals surface area contributed by atoms with Crippen LogP contribution in [0.1, 0.15) is 39.6 Å². The predicted molar refractivity (Wildman–Crippen MR) is 121 cm³/mol. The smallest absolute Gasteiger partial charge is 0.416 e. The fourth-order valence-corrected chi connectivity index (χ4v) is 3.35. The molecule has 0 aliphatic heterocycles. The lowest BCUT2D eigenvalue weighted by molar-refractivity contribution is -0.763. The third-order valence-electron chi connectivity index (χ3n) is 5.24. The molecule has 0 saturated heterocycles. The fourth-order valence-electron chi connectivity index (χ4n) is 3.35. The quantitative estimate of drug-likeness (QED) is 0.270. The first-order valence-corrected chi connectivity index (χ1v) is 10.6. The minimum Gasteiger partial charge on any atom is -0.486 e. The van der Waals surface area contributed by atoms with Crippen molar-refractivity contribution in [2.75, 3.05) is 13.6 Å². The monoisotopic (exact) mass is 488 g/mol. The second kappa shape index (κ2) is 11.4. The van der Waals surface area contributed by atoms with Gasteiger partial charge in [0.1, 0.15) is 18.5 Å². The molecule has 0 heterocycles. The molecule has 0 N–H and O–H groups in total. The van der Waals surface area contributed by atoms with E-state index in [0.29, 0.717) is 24.1 Å². The average Bonchev–Trinajstić information content (AvgIpc) is 2.85. The van der Waals surface area contributed by atoms with E-state index in [4.69, 9.17) is 4.74 Å². The zero-order valence-corrected chi connectivity index (χ0v) is 18.8. The molecule has 3 rings (SSSR count). The van der Waals surface area contributed by atoms with Crippen LogP contribution >= 0.6 is 0 Å². The summed E-state index contributed by atoms with van der Waals surface area (Å²) in [5.74, 6) is 0.0291. The van der Waals surface area contributed by atoms with E-state index in [0.717, 1.165) is 17.7 Å². The van der Waals surface area contributed by atoms with Crippen molar-refractivity contribution in [2.24, 2.45) is 0 Å². The van der Waals surface area contributed by atoms with Gasteiger partial charge in [0.25, 0.3) is 11.0 Å². The number of amides is 1. The highest BCUT2D eigenvalue weighted by Gasteiger charge is 2.30. The van der Waals surface area contributed by atoms with E-state index in [2.05, 4.69) is 4.84 Å². The van der Waals surface area contributed by atoms with Crippen LogP contribution < -0.4 is 4.74 Å². The predicted octanol–water partition coefficient (Wildman–Crippen LogP) is 5.70. The summed E-state index contributed by atoms with van der Waals surface area (Å²) in [7, 11) is 1.63. The Hall–Kier alpha value is -4.08. The molecule has 3 aromatic rings. The first-order chi connectivity index (χ1) is 16.6. The number of nitrogens with zero attached hydrogens (tertiary/aromatic N) is 2. The Morgan fingerprint density at radius 1 is 1.00 bits per heavy atom. The lowest BCUT2D eigenvalue weighted by Crippen LogP contribution is -2.29. The first-order valence-electron chi connectivity index (χ1n) is 10.6. The van der Waals surface area contributed by atoms with Crippen molar-refractivity contribution < 1.29 is 32.6 Å². The lowest BCUT2D eigenvalue weighted by atomic mass is 10.1. The van der Waals surface area contributed by atoms with Gasteiger partial charge < -0.3 is 14.5 Å². The molecule has 0 fully saturated rings. The van der Waals surface area contributed by atoms with Crippen molar-refractivity contribution in [3.8, 4) is 5.75 Å². The molecule has 0 aliphatic rings. The Morgan fingerprint density at radius 2 is 1.63 bits per heavy atom. The van der Waals surface area contributed by atoms with E-state index in [9.17, 15) is 28.1 Å². The maximum absolute atomic E-state index is 12.9. The molecular formula is C25H23F3N2O5. The highest BCUT2D eigenvalue weighted by atomic mass is 19.4. The Labute approximate surface area is 199 Å². The second-order valence-corrected chi connectivity index (χ2v) is 7.75. The standard InChI is InChI=1S/C25H23F3N2O5/c1-29(24(31)20-9-7-18(8-10-20)17-34-30(32)33)16-15-23(19-5-3-2-4-6-19)35-22-13-11-21(12-14-22)25(26,27)28/h2-14,23H,15-17H2,1H3/t23-/m1/s1. The van der Waals surface area contributed by atoms with Gasteiger partial charge in [-0.2, -0.15) is 13.2 Å². The van der Waals surface area contributed by atoms with Crippen LogP contribution in [-0.4, -0.2) is 29.5 Å². The summed E-state index contributed by atoms with van der Waals surface area (Å²) in [4.78, 5) is 28.9. The number of ether oxygens (including phenoxy) is 1. The van der Waals surface area contributed by atoms with Crippen molar-refractivity contribution in [2.45, 2.75) is 25.3 Å². The Morgan fingerprint density at radius 3 is 2.20 bits per heavy atom. The minimum atomic E-state index is -4.43. The summed E-state index contributed by atoms with van der Waals surface area (Å²) in [6.45, 7) is 0.0998. The molecule has 10 heteroatoms. The number of halogens is 3. The number of alkyl halides is 3. The number of carbonyl (C=O) groups excluding carboxylic acids is 1. The Bertz CT molecular complexity index is 1120. The van der Waals surface area contributed by atoms with Crippen LogP contribution in [0, 0.1) is 10.1 Å². The maximum Gasteiger partial charge on any atom is 0.416 e. The van der Waals surface area contributed by atoms with Gasteiger partial charge in [-0.25, -0.2) is 0 Å². The number of carbonyl (C=O) groups is 1. The maximum atomic E-state index is 12.9. The van der Waals surface area contributed by atoms with E-state index in [1.54, 1.807) is 31.3 Å². The number of hydrogen-bond donors (Lipinski definition) is 0. The summed E-state index contributed by atoms with van der Waals surface area (Å²) in [6.07, 6.45) is -4.54. The number of benzene rings is 3. The summed E-state index contributed by atoms with van der Waals surface area (Å²) < 4.78 is 44.6. The van der Waals surface area contributed by atoms with Gasteiger partial charge >= 0.3 is 6.18 Å². The molecule has 0 spiro atoms. The van der Waals surface area contributed by atoms with Gasteiger partial charge in [0.2, 0.25) is 0 Å². The minimum absolute atomic E-state index is 0.211. The molecule has 35 heavy (non-hydrogen) atoms. The number of hydrogen-bond acceptors (Lipinski definition) is 5. The normalized spacial score (nSPS) is 12.0. The molecular weight excluding hydrogens is 465 g/mol. The fraction of sp³-hybridized carbons (Fsp3) is 0.240. The van der Waals surface area contributed by atoms with Gasteiger partial charge in [-0.3, -0.25) is 4.79 Å². The van der Waals surface area contributed by atoms with Gasteiger partial charge in [0.15, 0.2) is 0 Å². The van der Waals surface area contributed by atoms with E-state index in [1.807, 2.05) is 30.3 Å². The first kappa shape index (κ1) is 25.5. The Kier molecular flexibility index (Phi) is 8.30. The average molecular weight is 488 g/mol. The molecule has 0 saturated carbocycles. The second-order valence-electron chi connectivity index (χ2n) is 7.75. The van der Waals surface area contributed by atoms with Crippen LogP contribution in [0.3, 0.4) is 0 Å². The SMILES string of the molecule is CN(CC[C@@H](Oc1ccc(C(F)(F)F)cc1)c1ccccc1)C(=O)c1ccc(CO[N+](=O)[O-])cc1. The summed E-state index contributed by atoms with van der Waals surface area (Å²) in [5.41, 5.74) is 1.01. The van der Waals surface area contributed by atoms with Crippen LogP contribution in [-0.2, 0) is 17.6 Å². The van der Waals surface area contributed by atoms with Crippen LogP contribution in [0.5, 0.6) is 5.75 Å². The summed E-state index contributed by atoms with van der Waals surface area (Å²) in [5, 5.41) is 9.42. The van der Waals surface area contributed by atoms with Crippen molar-refractivity contribution in [1.29, 1.82) is 0 Å². The molecule has 3 aromatic carbocycles. The molecule has 7 nitrogen and oxygen atoms in total. The molecule has 184 valence electrons. The zero-order chi connectivity index (χ0) is 25.4. The van der Waals surface area contributed by atoms with Crippen LogP contribution in [0.2, 0.25) is 0 Å². The van der Waals surface area contributed by atoms with Gasteiger partial charge in [0, 0.05) is 25.6 Å². The molecule has 1 atom stereocenters. The topological polar surface area (TPSA) is 81.9 Å². The molecule has 1 amide bonds. The zero-order valence-electron chi connectivity index (χ0n) is 18.8. The summed E-state index contributed by atoms with van der Waals surface area (Å²) >= 11 is 0. The highest BCUT2D eigenvalue weighted by Crippen LogP contribution is 2.32. The highest BCUT2D eigenvalue weighted by molar-refractivity contribution is 5.94. The van der Waals surface area contributed by atoms with Gasteiger partial charge in [0.05, 0.1) is 5.56 Å². The molecule has 0 bridgehead atoms. The van der Waals surface area contributed by atoms with Crippen molar-refractivity contribution >= 4 is 5.91 Å². The molecule has 0 aromatic heterocycles. The molecule has 0 aliphatic carbocycles. The van der Waals surface area contributed by atoms with Crippen molar-refractivity contribution in [3.05, 3.63) is 111 Å². The van der Waals surface area contributed by atoms with Crippen LogP contribution in [0.4, 0.5) is 13.2 Å². The molecule has 0 radical (unpaired) electrons.